The van der Waals surface area contributed by atoms with Crippen molar-refractivity contribution in [2.45, 2.75) is 29.7 Å². The highest BCUT2D eigenvalue weighted by molar-refractivity contribution is 7.80. The van der Waals surface area contributed by atoms with Crippen molar-refractivity contribution in [1.82, 2.24) is 10.3 Å². The van der Waals surface area contributed by atoms with E-state index in [9.17, 15) is 5.11 Å². The van der Waals surface area contributed by atoms with Crippen molar-refractivity contribution in [3.8, 4) is 0 Å². The number of thiocarbonyl (C=S) groups is 1. The molecular weight excluding hydrogens is 341 g/mol. The van der Waals surface area contributed by atoms with Crippen molar-refractivity contribution in [3.63, 3.8) is 0 Å². The molecule has 2 rings (SSSR count). The van der Waals surface area contributed by atoms with Crippen LogP contribution in [0.15, 0.2) is 37.0 Å². The average molecular weight is 360 g/mol. The van der Waals surface area contributed by atoms with Crippen LogP contribution in [-0.2, 0) is 6.42 Å². The number of hydrogen-bond acceptors (Lipinski definition) is 3. The predicted octanol–water partition coefficient (Wildman–Crippen LogP) is 2.58. The molecule has 0 aliphatic heterocycles. The number of alkyl halides is 1. The first-order valence-electron chi connectivity index (χ1n) is 6.90. The molecule has 1 unspecified atom stereocenters. The van der Waals surface area contributed by atoms with E-state index in [1.165, 1.54) is 11.2 Å². The van der Waals surface area contributed by atoms with Gasteiger partial charge in [-0.3, -0.25) is 5.01 Å². The van der Waals surface area contributed by atoms with Crippen molar-refractivity contribution >= 4 is 40.5 Å². The zero-order chi connectivity index (χ0) is 16.4. The van der Waals surface area contributed by atoms with E-state index in [0.717, 1.165) is 18.4 Å². The molecule has 1 saturated carbocycles. The van der Waals surface area contributed by atoms with Gasteiger partial charge in [-0.1, -0.05) is 36.4 Å². The number of hydrazine groups is 1. The zero-order valence-corrected chi connectivity index (χ0v) is 14.4. The summed E-state index contributed by atoms with van der Waals surface area (Å²) in [6, 6.07) is 7.38. The molecule has 1 atom stereocenters. The molecule has 0 aromatic heterocycles. The SMILES string of the molecule is C=CNC(=S)N(N)CC(O)(Cc1ccccc1Cl)C1(Cl)CC1. The van der Waals surface area contributed by atoms with Gasteiger partial charge in [0.2, 0.25) is 0 Å². The van der Waals surface area contributed by atoms with Crippen LogP contribution >= 0.6 is 35.4 Å². The van der Waals surface area contributed by atoms with Crippen LogP contribution < -0.4 is 11.2 Å². The van der Waals surface area contributed by atoms with Crippen molar-refractivity contribution in [2.24, 2.45) is 5.84 Å². The van der Waals surface area contributed by atoms with Crippen LogP contribution in [-0.4, -0.2) is 32.2 Å². The third-order valence-corrected chi connectivity index (χ3v) is 5.33. The normalized spacial score (nSPS) is 18.2. The molecule has 0 spiro atoms. The van der Waals surface area contributed by atoms with E-state index < -0.39 is 10.5 Å². The first-order chi connectivity index (χ1) is 10.3. The molecule has 4 nitrogen and oxygen atoms in total. The van der Waals surface area contributed by atoms with Crippen LogP contribution in [0.1, 0.15) is 18.4 Å². The molecular formula is C15H19Cl2N3OS. The van der Waals surface area contributed by atoms with Crippen LogP contribution in [0, 0.1) is 0 Å². The third-order valence-electron chi connectivity index (χ3n) is 3.88. The Bertz CT molecular complexity index is 580. The van der Waals surface area contributed by atoms with Gasteiger partial charge in [0.05, 0.1) is 11.4 Å². The number of nitrogens with one attached hydrogen (secondary N) is 1. The highest BCUT2D eigenvalue weighted by Gasteiger charge is 2.58. The van der Waals surface area contributed by atoms with Crippen LogP contribution in [0.2, 0.25) is 5.02 Å². The number of nitrogens with two attached hydrogens (primary N) is 1. The summed E-state index contributed by atoms with van der Waals surface area (Å²) in [5.41, 5.74) is -0.407. The fourth-order valence-corrected chi connectivity index (χ4v) is 2.98. The lowest BCUT2D eigenvalue weighted by Crippen LogP contribution is -2.57. The second-order valence-electron chi connectivity index (χ2n) is 5.55. The molecule has 22 heavy (non-hydrogen) atoms. The second kappa shape index (κ2) is 6.72. The topological polar surface area (TPSA) is 61.5 Å². The molecule has 1 aliphatic rings. The van der Waals surface area contributed by atoms with Gasteiger partial charge in [0.25, 0.3) is 0 Å². The fourth-order valence-electron chi connectivity index (χ4n) is 2.41. The van der Waals surface area contributed by atoms with E-state index in [-0.39, 0.29) is 11.7 Å². The number of benzene rings is 1. The minimum atomic E-state index is -1.23. The monoisotopic (exact) mass is 359 g/mol. The maximum Gasteiger partial charge on any atom is 0.187 e. The molecule has 4 N–H and O–H groups in total. The Morgan fingerprint density at radius 3 is 2.73 bits per heavy atom. The highest BCUT2D eigenvalue weighted by atomic mass is 35.5. The van der Waals surface area contributed by atoms with Gasteiger partial charge >= 0.3 is 0 Å². The highest BCUT2D eigenvalue weighted by Crippen LogP contribution is 2.52. The van der Waals surface area contributed by atoms with E-state index in [1.807, 2.05) is 18.2 Å². The Kier molecular flexibility index (Phi) is 5.35. The number of halogens is 2. The predicted molar refractivity (Wildman–Crippen MR) is 94.7 cm³/mol. The number of nitrogens with zero attached hydrogens (tertiary/aromatic N) is 1. The lowest BCUT2D eigenvalue weighted by atomic mass is 9.88. The summed E-state index contributed by atoms with van der Waals surface area (Å²) in [5.74, 6) is 5.94. The summed E-state index contributed by atoms with van der Waals surface area (Å²) in [7, 11) is 0. The fraction of sp³-hybridized carbons (Fsp3) is 0.400. The molecule has 0 bridgehead atoms. The molecule has 0 heterocycles. The summed E-state index contributed by atoms with van der Waals surface area (Å²) in [4.78, 5) is -0.701. The minimum absolute atomic E-state index is 0.0986. The lowest BCUT2D eigenvalue weighted by molar-refractivity contribution is 0.00832. The minimum Gasteiger partial charge on any atom is -0.386 e. The zero-order valence-electron chi connectivity index (χ0n) is 12.1. The molecule has 0 amide bonds. The standard InChI is InChI=1S/C15H19Cl2N3OS/c1-2-19-13(22)20(18)10-15(21,14(17)7-8-14)9-11-5-3-4-6-12(11)16/h2-6,21H,1,7-10,18H2,(H,19,22). The van der Waals surface area contributed by atoms with E-state index in [0.29, 0.717) is 11.4 Å². The average Bonchev–Trinajstić information content (AvgIpc) is 3.21. The van der Waals surface area contributed by atoms with Crippen molar-refractivity contribution in [2.75, 3.05) is 6.54 Å². The first kappa shape index (κ1) is 17.5. The van der Waals surface area contributed by atoms with Gasteiger partial charge in [-0.25, -0.2) is 5.84 Å². The van der Waals surface area contributed by atoms with Crippen LogP contribution in [0.5, 0.6) is 0 Å². The Morgan fingerprint density at radius 2 is 2.18 bits per heavy atom. The summed E-state index contributed by atoms with van der Waals surface area (Å²) in [6.45, 7) is 3.63. The Labute approximate surface area is 145 Å². The largest absolute Gasteiger partial charge is 0.386 e. The van der Waals surface area contributed by atoms with Gasteiger partial charge < -0.3 is 10.4 Å². The van der Waals surface area contributed by atoms with Gasteiger partial charge in [0.15, 0.2) is 5.11 Å². The quantitative estimate of drug-likeness (QED) is 0.315. The number of hydrogen-bond donors (Lipinski definition) is 3. The van der Waals surface area contributed by atoms with Gasteiger partial charge in [-0.15, -0.1) is 11.6 Å². The molecule has 1 aliphatic carbocycles. The molecule has 0 saturated heterocycles. The molecule has 1 aromatic rings. The van der Waals surface area contributed by atoms with Crippen molar-refractivity contribution < 1.29 is 5.11 Å². The van der Waals surface area contributed by atoms with Crippen molar-refractivity contribution in [3.05, 3.63) is 47.6 Å². The molecule has 1 fully saturated rings. The molecule has 0 radical (unpaired) electrons. The van der Waals surface area contributed by atoms with E-state index in [1.54, 1.807) is 6.07 Å². The Balaban J connectivity index is 2.20. The number of aliphatic hydroxyl groups is 1. The van der Waals surface area contributed by atoms with Crippen molar-refractivity contribution in [1.29, 1.82) is 0 Å². The number of rotatable bonds is 6. The van der Waals surface area contributed by atoms with Gasteiger partial charge in [0.1, 0.15) is 5.60 Å². The maximum absolute atomic E-state index is 11.2. The molecule has 1 aromatic carbocycles. The molecule has 120 valence electrons. The van der Waals surface area contributed by atoms with E-state index in [2.05, 4.69) is 11.9 Å². The smallest absolute Gasteiger partial charge is 0.187 e. The maximum atomic E-state index is 11.2. The second-order valence-corrected chi connectivity index (χ2v) is 7.06. The van der Waals surface area contributed by atoms with Crippen LogP contribution in [0.4, 0.5) is 0 Å². The summed E-state index contributed by atoms with van der Waals surface area (Å²) < 4.78 is 0. The van der Waals surface area contributed by atoms with Crippen LogP contribution in [0.3, 0.4) is 0 Å². The Morgan fingerprint density at radius 1 is 1.55 bits per heavy atom. The summed E-state index contributed by atoms with van der Waals surface area (Å²) in [6.07, 6.45) is 3.19. The lowest BCUT2D eigenvalue weighted by Gasteiger charge is -2.37. The summed E-state index contributed by atoms with van der Waals surface area (Å²) in [5, 5.41) is 16.0. The van der Waals surface area contributed by atoms with Gasteiger partial charge in [-0.05, 0) is 42.9 Å². The van der Waals surface area contributed by atoms with Gasteiger partial charge in [0, 0.05) is 11.4 Å². The Hall–Kier alpha value is -0.850. The first-order valence-corrected chi connectivity index (χ1v) is 8.06. The third kappa shape index (κ3) is 3.73. The van der Waals surface area contributed by atoms with Crippen LogP contribution in [0.25, 0.3) is 0 Å². The van der Waals surface area contributed by atoms with E-state index in [4.69, 9.17) is 41.3 Å². The van der Waals surface area contributed by atoms with Gasteiger partial charge in [-0.2, -0.15) is 0 Å². The molecule has 7 heteroatoms. The van der Waals surface area contributed by atoms with E-state index >= 15 is 0 Å². The summed E-state index contributed by atoms with van der Waals surface area (Å²) >= 11 is 17.8.